The van der Waals surface area contributed by atoms with Crippen LogP contribution in [-0.4, -0.2) is 26.5 Å². The lowest BCUT2D eigenvalue weighted by atomic mass is 9.71. The maximum atomic E-state index is 11.4. The lowest BCUT2D eigenvalue weighted by molar-refractivity contribution is 0.143. The van der Waals surface area contributed by atoms with Gasteiger partial charge in [0.1, 0.15) is 15.6 Å². The van der Waals surface area contributed by atoms with Gasteiger partial charge < -0.3 is 9.73 Å². The Morgan fingerprint density at radius 1 is 1.50 bits per heavy atom. The van der Waals surface area contributed by atoms with E-state index in [4.69, 9.17) is 4.42 Å². The molecule has 0 amide bonds. The first-order chi connectivity index (χ1) is 7.51. The fourth-order valence-corrected chi connectivity index (χ4v) is 3.99. The molecule has 1 aromatic rings. The summed E-state index contributed by atoms with van der Waals surface area (Å²) in [6.45, 7) is 0.906. The third kappa shape index (κ3) is 1.34. The minimum Gasteiger partial charge on any atom is -0.467 e. The third-order valence-electron chi connectivity index (χ3n) is 3.80. The number of fused-ring (bicyclic) bond motifs is 2. The highest BCUT2D eigenvalue weighted by Gasteiger charge is 2.53. The van der Waals surface area contributed by atoms with Crippen LogP contribution in [0.4, 0.5) is 0 Å². The quantitative estimate of drug-likeness (QED) is 0.791. The molecule has 3 rings (SSSR count). The van der Waals surface area contributed by atoms with Gasteiger partial charge in [-0.3, -0.25) is 0 Å². The maximum Gasteiger partial charge on any atom is 0.150 e. The van der Waals surface area contributed by atoms with Gasteiger partial charge in [0.15, 0.2) is 0 Å². The van der Waals surface area contributed by atoms with Crippen molar-refractivity contribution < 1.29 is 12.8 Å². The Balaban J connectivity index is 1.90. The van der Waals surface area contributed by atoms with Crippen LogP contribution in [0.25, 0.3) is 0 Å². The van der Waals surface area contributed by atoms with E-state index in [1.165, 1.54) is 11.8 Å². The number of hydrogen-bond acceptors (Lipinski definition) is 4. The molecule has 88 valence electrons. The molecule has 0 unspecified atom stereocenters. The zero-order chi connectivity index (χ0) is 11.4. The van der Waals surface area contributed by atoms with E-state index in [9.17, 15) is 8.42 Å². The highest BCUT2D eigenvalue weighted by atomic mass is 32.2. The Morgan fingerprint density at radius 3 is 2.94 bits per heavy atom. The molecule has 0 bridgehead atoms. The maximum absolute atomic E-state index is 11.4. The van der Waals surface area contributed by atoms with E-state index in [1.807, 2.05) is 6.07 Å². The molecule has 1 fully saturated rings. The van der Waals surface area contributed by atoms with Gasteiger partial charge in [-0.15, -0.1) is 0 Å². The number of sulfone groups is 1. The number of rotatable bonds is 1. The van der Waals surface area contributed by atoms with Crippen LogP contribution in [-0.2, 0) is 21.8 Å². The molecule has 2 heterocycles. The van der Waals surface area contributed by atoms with Crippen molar-refractivity contribution in [2.45, 2.75) is 30.1 Å². The van der Waals surface area contributed by atoms with Gasteiger partial charge in [0.2, 0.25) is 0 Å². The molecule has 1 aliphatic carbocycles. The molecular formula is C11H15NO3S. The molecular weight excluding hydrogens is 226 g/mol. The first-order valence-electron chi connectivity index (χ1n) is 5.52. The van der Waals surface area contributed by atoms with Crippen LogP contribution in [0, 0.1) is 0 Å². The third-order valence-corrected chi connectivity index (χ3v) is 5.34. The molecule has 5 heteroatoms. The zero-order valence-electron chi connectivity index (χ0n) is 9.19. The van der Waals surface area contributed by atoms with E-state index in [0.717, 1.165) is 18.7 Å². The Kier molecular flexibility index (Phi) is 2.01. The van der Waals surface area contributed by atoms with Crippen molar-refractivity contribution in [2.24, 2.45) is 0 Å². The van der Waals surface area contributed by atoms with E-state index in [1.54, 1.807) is 6.26 Å². The standard InChI is InChI=1S/C11H15NO3S/c1-16(13,14)9-6-11(7-9)10-8(2-4-12-11)3-5-15-10/h3,5,9,12H,2,4,6-7H2,1H3. The molecule has 1 N–H and O–H groups in total. The second-order valence-electron chi connectivity index (χ2n) is 4.89. The van der Waals surface area contributed by atoms with Gasteiger partial charge >= 0.3 is 0 Å². The van der Waals surface area contributed by atoms with Crippen LogP contribution < -0.4 is 5.32 Å². The van der Waals surface area contributed by atoms with Gasteiger partial charge in [-0.1, -0.05) is 0 Å². The van der Waals surface area contributed by atoms with E-state index in [2.05, 4.69) is 5.32 Å². The molecule has 1 aliphatic heterocycles. The first-order valence-corrected chi connectivity index (χ1v) is 7.47. The van der Waals surface area contributed by atoms with Gasteiger partial charge in [0.25, 0.3) is 0 Å². The Morgan fingerprint density at radius 2 is 2.25 bits per heavy atom. The number of nitrogens with one attached hydrogen (secondary N) is 1. The summed E-state index contributed by atoms with van der Waals surface area (Å²) in [4.78, 5) is 0. The summed E-state index contributed by atoms with van der Waals surface area (Å²) in [6, 6.07) is 1.99. The summed E-state index contributed by atoms with van der Waals surface area (Å²) in [5.74, 6) is 0.957. The minimum absolute atomic E-state index is 0.204. The van der Waals surface area contributed by atoms with Gasteiger partial charge in [-0.25, -0.2) is 8.42 Å². The summed E-state index contributed by atoms with van der Waals surface area (Å²) >= 11 is 0. The smallest absolute Gasteiger partial charge is 0.150 e. The minimum atomic E-state index is -2.91. The van der Waals surface area contributed by atoms with Crippen LogP contribution in [0.5, 0.6) is 0 Å². The molecule has 1 aromatic heterocycles. The molecule has 1 spiro atoms. The van der Waals surface area contributed by atoms with Crippen LogP contribution >= 0.6 is 0 Å². The van der Waals surface area contributed by atoms with Crippen molar-refractivity contribution in [1.82, 2.24) is 5.32 Å². The lowest BCUT2D eigenvalue weighted by Gasteiger charge is -2.48. The summed E-state index contributed by atoms with van der Waals surface area (Å²) in [5, 5.41) is 3.21. The number of hydrogen-bond donors (Lipinski definition) is 1. The highest BCUT2D eigenvalue weighted by Crippen LogP contribution is 2.47. The van der Waals surface area contributed by atoms with E-state index < -0.39 is 9.84 Å². The Hall–Kier alpha value is -0.810. The monoisotopic (exact) mass is 241 g/mol. The van der Waals surface area contributed by atoms with Crippen molar-refractivity contribution in [3.8, 4) is 0 Å². The molecule has 2 aliphatic rings. The second-order valence-corrected chi connectivity index (χ2v) is 7.22. The van der Waals surface area contributed by atoms with Crippen molar-refractivity contribution in [3.05, 3.63) is 23.7 Å². The molecule has 1 saturated carbocycles. The topological polar surface area (TPSA) is 59.3 Å². The van der Waals surface area contributed by atoms with Gasteiger partial charge in [-0.2, -0.15) is 0 Å². The summed E-state index contributed by atoms with van der Waals surface area (Å²) in [6.07, 6.45) is 5.28. The van der Waals surface area contributed by atoms with Crippen LogP contribution in [0.3, 0.4) is 0 Å². The normalized spacial score (nSPS) is 33.4. The first kappa shape index (κ1) is 10.4. The molecule has 0 saturated heterocycles. The van der Waals surface area contributed by atoms with E-state index in [0.29, 0.717) is 12.8 Å². The van der Waals surface area contributed by atoms with Gasteiger partial charge in [0.05, 0.1) is 17.1 Å². The van der Waals surface area contributed by atoms with Gasteiger partial charge in [0, 0.05) is 12.8 Å². The highest BCUT2D eigenvalue weighted by molar-refractivity contribution is 7.91. The van der Waals surface area contributed by atoms with Crippen LogP contribution in [0.1, 0.15) is 24.2 Å². The van der Waals surface area contributed by atoms with Crippen LogP contribution in [0.15, 0.2) is 16.7 Å². The molecule has 16 heavy (non-hydrogen) atoms. The Labute approximate surface area is 94.9 Å². The van der Waals surface area contributed by atoms with Crippen LogP contribution in [0.2, 0.25) is 0 Å². The van der Waals surface area contributed by atoms with Crippen molar-refractivity contribution >= 4 is 9.84 Å². The molecule has 0 aromatic carbocycles. The van der Waals surface area contributed by atoms with Crippen molar-refractivity contribution in [3.63, 3.8) is 0 Å². The molecule has 0 atom stereocenters. The summed E-state index contributed by atoms with van der Waals surface area (Å²) in [7, 11) is -2.91. The fourth-order valence-electron chi connectivity index (χ4n) is 2.82. The van der Waals surface area contributed by atoms with E-state index in [-0.39, 0.29) is 10.8 Å². The predicted octanol–water partition coefficient (Wildman–Crippen LogP) is 0.828. The van der Waals surface area contributed by atoms with E-state index >= 15 is 0 Å². The largest absolute Gasteiger partial charge is 0.467 e. The zero-order valence-corrected chi connectivity index (χ0v) is 10.0. The van der Waals surface area contributed by atoms with Crippen molar-refractivity contribution in [2.75, 3.05) is 12.8 Å². The molecule has 0 radical (unpaired) electrons. The average Bonchev–Trinajstić information content (AvgIpc) is 2.59. The fraction of sp³-hybridized carbons (Fsp3) is 0.636. The SMILES string of the molecule is CS(=O)(=O)C1CC2(C1)NCCc1ccoc12. The summed E-state index contributed by atoms with van der Waals surface area (Å²) < 4.78 is 28.4. The summed E-state index contributed by atoms with van der Waals surface area (Å²) in [5.41, 5.74) is 1.02. The molecule has 4 nitrogen and oxygen atoms in total. The lowest BCUT2D eigenvalue weighted by Crippen LogP contribution is -2.59. The Bertz CT molecular complexity index is 511. The average molecular weight is 241 g/mol. The number of furan rings is 1. The predicted molar refractivity (Wildman–Crippen MR) is 60.0 cm³/mol. The second kappa shape index (κ2) is 3.11. The van der Waals surface area contributed by atoms with Gasteiger partial charge in [-0.05, 0) is 30.9 Å². The van der Waals surface area contributed by atoms with Crippen molar-refractivity contribution in [1.29, 1.82) is 0 Å².